The van der Waals surface area contributed by atoms with Crippen molar-refractivity contribution in [1.29, 1.82) is 0 Å². The maximum Gasteiger partial charge on any atom is 0.259 e. The van der Waals surface area contributed by atoms with Gasteiger partial charge in [-0.1, -0.05) is 54.1 Å². The van der Waals surface area contributed by atoms with E-state index in [0.29, 0.717) is 10.8 Å². The Morgan fingerprint density at radius 1 is 1.17 bits per heavy atom. The number of hydrogen-bond acceptors (Lipinski definition) is 4. The van der Waals surface area contributed by atoms with E-state index in [-0.39, 0.29) is 12.5 Å². The number of nitrogens with zero attached hydrogens (tertiary/aromatic N) is 1. The Morgan fingerprint density at radius 2 is 1.88 bits per heavy atom. The highest BCUT2D eigenvalue weighted by molar-refractivity contribution is 6.41. The van der Waals surface area contributed by atoms with Crippen LogP contribution in [0, 0.1) is 0 Å². The molecule has 0 heterocycles. The Hall–Kier alpha value is -2.79. The largest absolute Gasteiger partial charge is 0.495 e. The lowest BCUT2D eigenvalue weighted by molar-refractivity contribution is -0.119. The quantitative estimate of drug-likeness (QED) is 0.597. The van der Waals surface area contributed by atoms with Crippen LogP contribution in [0.25, 0.3) is 6.08 Å². The molecule has 2 rings (SSSR count). The van der Waals surface area contributed by atoms with Gasteiger partial charge in [0, 0.05) is 0 Å². The second-order valence-electron chi connectivity index (χ2n) is 4.79. The Bertz CT molecular complexity index is 730. The van der Waals surface area contributed by atoms with Gasteiger partial charge in [-0.05, 0) is 23.8 Å². The molecule has 0 atom stereocenters. The highest BCUT2D eigenvalue weighted by Crippen LogP contribution is 2.22. The van der Waals surface area contributed by atoms with E-state index in [0.717, 1.165) is 11.3 Å². The predicted molar refractivity (Wildman–Crippen MR) is 98.4 cm³/mol. The maximum atomic E-state index is 11.8. The zero-order valence-electron chi connectivity index (χ0n) is 13.2. The van der Waals surface area contributed by atoms with E-state index in [4.69, 9.17) is 16.3 Å². The normalized spacial score (nSPS) is 11.3. The molecule has 0 saturated carbocycles. The molecule has 0 aliphatic carbocycles. The van der Waals surface area contributed by atoms with E-state index in [1.807, 2.05) is 54.6 Å². The molecule has 0 bridgehead atoms. The van der Waals surface area contributed by atoms with E-state index in [2.05, 4.69) is 15.8 Å². The standard InChI is InChI=1S/C18H18ClN3O2/c1-24-17-10-6-5-9-16(17)20-13-18(23)22-21-12-15(19)11-14-7-3-2-4-8-14/h2-12,20H,13H2,1H3,(H,22,23)/b15-11-,21-12+. The van der Waals surface area contributed by atoms with E-state index < -0.39 is 0 Å². The van der Waals surface area contributed by atoms with Crippen molar-refractivity contribution in [2.24, 2.45) is 5.10 Å². The van der Waals surface area contributed by atoms with Crippen molar-refractivity contribution < 1.29 is 9.53 Å². The molecule has 2 N–H and O–H groups in total. The number of carbonyl (C=O) groups excluding carboxylic acids is 1. The van der Waals surface area contributed by atoms with Crippen LogP contribution in [0.1, 0.15) is 5.56 Å². The van der Waals surface area contributed by atoms with Gasteiger partial charge in [0.05, 0.1) is 30.6 Å². The number of benzene rings is 2. The fourth-order valence-electron chi connectivity index (χ4n) is 1.92. The molecule has 24 heavy (non-hydrogen) atoms. The summed E-state index contributed by atoms with van der Waals surface area (Å²) in [5.74, 6) is 0.379. The van der Waals surface area contributed by atoms with Crippen LogP contribution in [0.15, 0.2) is 64.7 Å². The number of halogens is 1. The number of nitrogens with one attached hydrogen (secondary N) is 2. The fourth-order valence-corrected chi connectivity index (χ4v) is 2.09. The van der Waals surface area contributed by atoms with Gasteiger partial charge in [0.15, 0.2) is 0 Å². The summed E-state index contributed by atoms with van der Waals surface area (Å²) in [5, 5.41) is 7.23. The first kappa shape index (κ1) is 17.6. The second kappa shape index (κ2) is 9.37. The van der Waals surface area contributed by atoms with Gasteiger partial charge in [0.25, 0.3) is 5.91 Å². The average molecular weight is 344 g/mol. The molecule has 5 nitrogen and oxygen atoms in total. The molecule has 0 unspecified atom stereocenters. The highest BCUT2D eigenvalue weighted by atomic mass is 35.5. The number of hydrogen-bond donors (Lipinski definition) is 2. The number of methoxy groups -OCH3 is 1. The number of amides is 1. The Morgan fingerprint density at radius 3 is 2.62 bits per heavy atom. The number of ether oxygens (including phenoxy) is 1. The summed E-state index contributed by atoms with van der Waals surface area (Å²) in [7, 11) is 1.58. The van der Waals surface area contributed by atoms with Gasteiger partial charge in [-0.15, -0.1) is 0 Å². The Balaban J connectivity index is 1.81. The molecular formula is C18H18ClN3O2. The number of rotatable bonds is 7. The Kier molecular flexibility index (Phi) is 6.86. The number of hydrazone groups is 1. The van der Waals surface area contributed by atoms with Crippen LogP contribution in [0.4, 0.5) is 5.69 Å². The van der Waals surface area contributed by atoms with Gasteiger partial charge in [0.2, 0.25) is 0 Å². The lowest BCUT2D eigenvalue weighted by Crippen LogP contribution is -2.25. The van der Waals surface area contributed by atoms with Gasteiger partial charge in [-0.3, -0.25) is 4.79 Å². The van der Waals surface area contributed by atoms with Crippen LogP contribution in [0.5, 0.6) is 5.75 Å². The van der Waals surface area contributed by atoms with Crippen molar-refractivity contribution in [3.63, 3.8) is 0 Å². The first-order valence-electron chi connectivity index (χ1n) is 7.30. The van der Waals surface area contributed by atoms with Gasteiger partial charge in [-0.25, -0.2) is 5.43 Å². The number of allylic oxidation sites excluding steroid dienone is 1. The van der Waals surface area contributed by atoms with Crippen LogP contribution in [0.3, 0.4) is 0 Å². The SMILES string of the molecule is COc1ccccc1NCC(=O)N/N=C/C(Cl)=C/c1ccccc1. The summed E-state index contributed by atoms with van der Waals surface area (Å²) in [6, 6.07) is 17.0. The second-order valence-corrected chi connectivity index (χ2v) is 5.22. The molecule has 0 saturated heterocycles. The topological polar surface area (TPSA) is 62.7 Å². The minimum atomic E-state index is -0.290. The minimum Gasteiger partial charge on any atom is -0.495 e. The molecule has 0 aliphatic rings. The molecule has 124 valence electrons. The van der Waals surface area contributed by atoms with E-state index >= 15 is 0 Å². The summed E-state index contributed by atoms with van der Waals surface area (Å²) in [6.07, 6.45) is 3.14. The average Bonchev–Trinajstić information content (AvgIpc) is 2.61. The lowest BCUT2D eigenvalue weighted by atomic mass is 10.2. The van der Waals surface area contributed by atoms with Crippen molar-refractivity contribution >= 4 is 35.5 Å². The third-order valence-corrected chi connectivity index (χ3v) is 3.23. The molecule has 0 aliphatic heterocycles. The van der Waals surface area contributed by atoms with E-state index in [1.54, 1.807) is 13.2 Å². The first-order chi connectivity index (χ1) is 11.7. The summed E-state index contributed by atoms with van der Waals surface area (Å²) >= 11 is 6.04. The van der Waals surface area contributed by atoms with Gasteiger partial charge in [-0.2, -0.15) is 5.10 Å². The Labute approximate surface area is 146 Å². The van der Waals surface area contributed by atoms with Crippen molar-refractivity contribution in [2.75, 3.05) is 19.0 Å². The summed E-state index contributed by atoms with van der Waals surface area (Å²) in [5.41, 5.74) is 4.10. The molecular weight excluding hydrogens is 326 g/mol. The van der Waals surface area contributed by atoms with Gasteiger partial charge < -0.3 is 10.1 Å². The monoisotopic (exact) mass is 343 g/mol. The minimum absolute atomic E-state index is 0.0672. The van der Waals surface area contributed by atoms with Crippen LogP contribution < -0.4 is 15.5 Å². The van der Waals surface area contributed by atoms with Crippen LogP contribution >= 0.6 is 11.6 Å². The van der Waals surface area contributed by atoms with Crippen molar-refractivity contribution in [2.45, 2.75) is 0 Å². The van der Waals surface area contributed by atoms with Gasteiger partial charge >= 0.3 is 0 Å². The molecule has 0 radical (unpaired) electrons. The fraction of sp³-hybridized carbons (Fsp3) is 0.111. The molecule has 0 fully saturated rings. The van der Waals surface area contributed by atoms with E-state index in [9.17, 15) is 4.79 Å². The van der Waals surface area contributed by atoms with Crippen LogP contribution in [0.2, 0.25) is 0 Å². The lowest BCUT2D eigenvalue weighted by Gasteiger charge is -2.09. The van der Waals surface area contributed by atoms with E-state index in [1.165, 1.54) is 6.21 Å². The smallest absolute Gasteiger partial charge is 0.259 e. The number of carbonyl (C=O) groups is 1. The molecule has 0 aromatic heterocycles. The third kappa shape index (κ3) is 5.78. The molecule has 2 aromatic rings. The zero-order chi connectivity index (χ0) is 17.2. The number of para-hydroxylation sites is 2. The molecule has 2 aromatic carbocycles. The van der Waals surface area contributed by atoms with Crippen molar-refractivity contribution in [3.05, 3.63) is 65.2 Å². The van der Waals surface area contributed by atoms with Crippen molar-refractivity contribution in [3.8, 4) is 5.75 Å². The van der Waals surface area contributed by atoms with Crippen LogP contribution in [-0.4, -0.2) is 25.8 Å². The highest BCUT2D eigenvalue weighted by Gasteiger charge is 2.03. The summed E-state index contributed by atoms with van der Waals surface area (Å²) < 4.78 is 5.20. The van der Waals surface area contributed by atoms with Crippen molar-refractivity contribution in [1.82, 2.24) is 5.43 Å². The number of anilines is 1. The van der Waals surface area contributed by atoms with Crippen LogP contribution in [-0.2, 0) is 4.79 Å². The summed E-state index contributed by atoms with van der Waals surface area (Å²) in [4.78, 5) is 11.8. The zero-order valence-corrected chi connectivity index (χ0v) is 14.0. The maximum absolute atomic E-state index is 11.8. The predicted octanol–water partition coefficient (Wildman–Crippen LogP) is 3.49. The third-order valence-electron chi connectivity index (χ3n) is 3.03. The molecule has 6 heteroatoms. The molecule has 1 amide bonds. The summed E-state index contributed by atoms with van der Waals surface area (Å²) in [6.45, 7) is 0.0672. The molecule has 0 spiro atoms. The van der Waals surface area contributed by atoms with Gasteiger partial charge in [0.1, 0.15) is 5.75 Å². The first-order valence-corrected chi connectivity index (χ1v) is 7.68.